The highest BCUT2D eigenvalue weighted by atomic mass is 16.6. The van der Waals surface area contributed by atoms with Crippen molar-refractivity contribution in [3.05, 3.63) is 0 Å². The van der Waals surface area contributed by atoms with Crippen LogP contribution in [0.4, 0.5) is 0 Å². The number of methoxy groups -OCH3 is 1. The Labute approximate surface area is 151 Å². The van der Waals surface area contributed by atoms with E-state index < -0.39 is 0 Å². The zero-order valence-corrected chi connectivity index (χ0v) is 16.2. The number of ketones is 1. The number of Topliss-reactive ketones (excluding diaryl/α,β-unsaturated/α-hetero) is 1. The summed E-state index contributed by atoms with van der Waals surface area (Å²) < 4.78 is 14.5. The molecule has 1 unspecified atom stereocenters. The van der Waals surface area contributed by atoms with Crippen LogP contribution in [0.3, 0.4) is 0 Å². The molecule has 1 atom stereocenters. The first-order chi connectivity index (χ1) is 11.8. The SMILES string of the molecule is CC(=O)OC1CCCCC1.COCC(C)OC(C)=O.O=C1CCCC1. The van der Waals surface area contributed by atoms with Crippen molar-refractivity contribution >= 4 is 17.7 Å². The van der Waals surface area contributed by atoms with Crippen molar-refractivity contribution in [3.63, 3.8) is 0 Å². The summed E-state index contributed by atoms with van der Waals surface area (Å²) in [4.78, 5) is 31.0. The molecule has 2 fully saturated rings. The van der Waals surface area contributed by atoms with Crippen molar-refractivity contribution in [1.29, 1.82) is 0 Å². The molecule has 0 heterocycles. The number of carbonyl (C=O) groups is 3. The normalized spacial score (nSPS) is 18.2. The molecular formula is C19H34O6. The van der Waals surface area contributed by atoms with E-state index >= 15 is 0 Å². The van der Waals surface area contributed by atoms with Gasteiger partial charge in [-0.25, -0.2) is 0 Å². The Bertz CT molecular complexity index is 379. The first kappa shape index (κ1) is 23.6. The van der Waals surface area contributed by atoms with E-state index in [1.165, 1.54) is 33.1 Å². The van der Waals surface area contributed by atoms with Gasteiger partial charge < -0.3 is 14.2 Å². The maximum atomic E-state index is 10.5. The van der Waals surface area contributed by atoms with E-state index in [0.717, 1.165) is 38.5 Å². The van der Waals surface area contributed by atoms with E-state index in [-0.39, 0.29) is 24.1 Å². The predicted molar refractivity (Wildman–Crippen MR) is 95.2 cm³/mol. The number of esters is 2. The van der Waals surface area contributed by atoms with Crippen LogP contribution in [0.15, 0.2) is 0 Å². The van der Waals surface area contributed by atoms with Gasteiger partial charge in [0.15, 0.2) is 0 Å². The monoisotopic (exact) mass is 358 g/mol. The van der Waals surface area contributed by atoms with Crippen LogP contribution < -0.4 is 0 Å². The molecule has 0 aromatic rings. The minimum absolute atomic E-state index is 0.132. The zero-order valence-electron chi connectivity index (χ0n) is 16.2. The molecule has 6 heteroatoms. The Kier molecular flexibility index (Phi) is 14.0. The molecule has 0 aliphatic heterocycles. The van der Waals surface area contributed by atoms with Gasteiger partial charge in [-0.05, 0) is 45.4 Å². The van der Waals surface area contributed by atoms with Crippen LogP contribution in [-0.4, -0.2) is 43.6 Å². The smallest absolute Gasteiger partial charge is 0.302 e. The van der Waals surface area contributed by atoms with Crippen LogP contribution >= 0.6 is 0 Å². The Balaban J connectivity index is 0.000000356. The molecule has 0 N–H and O–H groups in total. The maximum Gasteiger partial charge on any atom is 0.302 e. The third-order valence-corrected chi connectivity index (χ3v) is 3.81. The van der Waals surface area contributed by atoms with Crippen molar-refractivity contribution in [2.75, 3.05) is 13.7 Å². The van der Waals surface area contributed by atoms with Crippen molar-refractivity contribution in [3.8, 4) is 0 Å². The molecule has 2 saturated carbocycles. The summed E-state index contributed by atoms with van der Waals surface area (Å²) in [6, 6.07) is 0. The molecule has 2 aliphatic rings. The summed E-state index contributed by atoms with van der Waals surface area (Å²) >= 11 is 0. The predicted octanol–water partition coefficient (Wildman–Crippen LogP) is 3.60. The van der Waals surface area contributed by atoms with Gasteiger partial charge in [0.25, 0.3) is 0 Å². The molecule has 2 aliphatic carbocycles. The number of hydrogen-bond acceptors (Lipinski definition) is 6. The summed E-state index contributed by atoms with van der Waals surface area (Å²) in [5.74, 6) is 0.0569. The molecule has 0 radical (unpaired) electrons. The van der Waals surface area contributed by atoms with Gasteiger partial charge in [-0.3, -0.25) is 14.4 Å². The fraction of sp³-hybridized carbons (Fsp3) is 0.842. The Hall–Kier alpha value is -1.43. The molecule has 0 bridgehead atoms. The van der Waals surface area contributed by atoms with Gasteiger partial charge in [-0.15, -0.1) is 0 Å². The maximum absolute atomic E-state index is 10.5. The number of carbonyl (C=O) groups excluding carboxylic acids is 3. The summed E-state index contributed by atoms with van der Waals surface area (Å²) in [5.41, 5.74) is 0. The highest BCUT2D eigenvalue weighted by molar-refractivity contribution is 5.80. The van der Waals surface area contributed by atoms with Crippen LogP contribution in [0, 0.1) is 0 Å². The molecule has 25 heavy (non-hydrogen) atoms. The molecule has 2 rings (SSSR count). The van der Waals surface area contributed by atoms with Crippen molar-refractivity contribution < 1.29 is 28.6 Å². The first-order valence-electron chi connectivity index (χ1n) is 9.20. The summed E-state index contributed by atoms with van der Waals surface area (Å²) in [6.45, 7) is 5.10. The van der Waals surface area contributed by atoms with E-state index in [4.69, 9.17) is 14.2 Å². The van der Waals surface area contributed by atoms with E-state index in [1.807, 2.05) is 0 Å². The lowest BCUT2D eigenvalue weighted by molar-refractivity contribution is -0.148. The van der Waals surface area contributed by atoms with E-state index in [2.05, 4.69) is 0 Å². The fourth-order valence-corrected chi connectivity index (χ4v) is 2.74. The number of hydrogen-bond donors (Lipinski definition) is 0. The molecule has 0 spiro atoms. The topological polar surface area (TPSA) is 78.9 Å². The lowest BCUT2D eigenvalue weighted by Crippen LogP contribution is -2.18. The van der Waals surface area contributed by atoms with E-state index in [9.17, 15) is 14.4 Å². The van der Waals surface area contributed by atoms with Crippen molar-refractivity contribution in [2.45, 2.75) is 90.8 Å². The first-order valence-corrected chi connectivity index (χ1v) is 9.20. The highest BCUT2D eigenvalue weighted by Gasteiger charge is 2.15. The van der Waals surface area contributed by atoms with Crippen LogP contribution in [0.1, 0.15) is 78.6 Å². The third kappa shape index (κ3) is 15.8. The van der Waals surface area contributed by atoms with Gasteiger partial charge in [0.05, 0.1) is 6.61 Å². The minimum atomic E-state index is -0.264. The lowest BCUT2D eigenvalue weighted by Gasteiger charge is -2.20. The largest absolute Gasteiger partial charge is 0.463 e. The Morgan fingerprint density at radius 2 is 1.56 bits per heavy atom. The molecule has 146 valence electrons. The molecule has 0 saturated heterocycles. The molecule has 0 aromatic heterocycles. The van der Waals surface area contributed by atoms with Crippen molar-refractivity contribution in [2.24, 2.45) is 0 Å². The van der Waals surface area contributed by atoms with E-state index in [1.54, 1.807) is 14.0 Å². The van der Waals surface area contributed by atoms with Gasteiger partial charge in [0.2, 0.25) is 0 Å². The molecular weight excluding hydrogens is 324 g/mol. The quantitative estimate of drug-likeness (QED) is 0.715. The van der Waals surface area contributed by atoms with Gasteiger partial charge in [0.1, 0.15) is 18.0 Å². The second-order valence-electron chi connectivity index (χ2n) is 6.49. The standard InChI is InChI=1S/C8H14O2.C6H12O3.C5H8O/c1-7(9)10-8-5-3-2-4-6-8;1-5(4-8-3)9-6(2)7;6-5-3-1-2-4-5/h8H,2-6H2,1H3;5H,4H2,1-3H3;1-4H2. The zero-order chi connectivity index (χ0) is 19.1. The minimum Gasteiger partial charge on any atom is -0.463 e. The van der Waals surface area contributed by atoms with Gasteiger partial charge in [0, 0.05) is 33.8 Å². The van der Waals surface area contributed by atoms with E-state index in [0.29, 0.717) is 12.4 Å². The van der Waals surface area contributed by atoms with Gasteiger partial charge in [-0.1, -0.05) is 6.42 Å². The summed E-state index contributed by atoms with van der Waals surface area (Å²) in [5, 5.41) is 0. The van der Waals surface area contributed by atoms with Crippen LogP contribution in [0.25, 0.3) is 0 Å². The summed E-state index contributed by atoms with van der Waals surface area (Å²) in [7, 11) is 1.57. The Morgan fingerprint density at radius 1 is 1.00 bits per heavy atom. The molecule has 0 aromatic carbocycles. The highest BCUT2D eigenvalue weighted by Crippen LogP contribution is 2.20. The average Bonchev–Trinajstić information content (AvgIpc) is 2.99. The second kappa shape index (κ2) is 14.9. The Morgan fingerprint density at radius 3 is 1.92 bits per heavy atom. The van der Waals surface area contributed by atoms with Crippen LogP contribution in [0.2, 0.25) is 0 Å². The molecule has 6 nitrogen and oxygen atoms in total. The third-order valence-electron chi connectivity index (χ3n) is 3.81. The van der Waals surface area contributed by atoms with Crippen molar-refractivity contribution in [1.82, 2.24) is 0 Å². The van der Waals surface area contributed by atoms with Crippen LogP contribution in [-0.2, 0) is 28.6 Å². The van der Waals surface area contributed by atoms with Gasteiger partial charge >= 0.3 is 11.9 Å². The second-order valence-corrected chi connectivity index (χ2v) is 6.49. The molecule has 0 amide bonds. The fourth-order valence-electron chi connectivity index (χ4n) is 2.74. The average molecular weight is 358 g/mol. The summed E-state index contributed by atoms with van der Waals surface area (Å²) in [6.07, 6.45) is 9.95. The lowest BCUT2D eigenvalue weighted by atomic mass is 9.98. The number of rotatable bonds is 4. The van der Waals surface area contributed by atoms with Crippen LogP contribution in [0.5, 0.6) is 0 Å². The van der Waals surface area contributed by atoms with Gasteiger partial charge in [-0.2, -0.15) is 0 Å². The number of ether oxygens (including phenoxy) is 3.